The van der Waals surface area contributed by atoms with Gasteiger partial charge in [-0.3, -0.25) is 16.2 Å². The van der Waals surface area contributed by atoms with Crippen molar-refractivity contribution in [3.05, 3.63) is 0 Å². The summed E-state index contributed by atoms with van der Waals surface area (Å²) < 4.78 is 5.68. The van der Waals surface area contributed by atoms with E-state index in [-0.39, 0.29) is 12.1 Å². The predicted octanol–water partition coefficient (Wildman–Crippen LogP) is -0.0492. The van der Waals surface area contributed by atoms with Crippen LogP contribution in [-0.2, 0) is 4.74 Å². The van der Waals surface area contributed by atoms with E-state index in [1.54, 1.807) is 0 Å². The van der Waals surface area contributed by atoms with Crippen molar-refractivity contribution in [1.29, 1.82) is 0 Å². The molecular weight excluding hydrogens is 190 g/mol. The van der Waals surface area contributed by atoms with Gasteiger partial charge in [0.15, 0.2) is 0 Å². The molecule has 4 nitrogen and oxygen atoms in total. The molecule has 0 bridgehead atoms. The van der Waals surface area contributed by atoms with Gasteiger partial charge in [-0.2, -0.15) is 0 Å². The number of nitrogens with two attached hydrogens (primary N) is 1. The van der Waals surface area contributed by atoms with Crippen LogP contribution in [0.1, 0.15) is 20.3 Å². The quantitative estimate of drug-likeness (QED) is 0.389. The largest absolute Gasteiger partial charge is 0.374 e. The summed E-state index contributed by atoms with van der Waals surface area (Å²) in [6.07, 6.45) is 5.99. The van der Waals surface area contributed by atoms with E-state index in [9.17, 15) is 0 Å². The van der Waals surface area contributed by atoms with Gasteiger partial charge in [0, 0.05) is 25.6 Å². The Labute approximate surface area is 92.1 Å². The lowest BCUT2D eigenvalue weighted by Crippen LogP contribution is -2.55. The topological polar surface area (TPSA) is 50.5 Å². The molecule has 0 aromatic rings. The van der Waals surface area contributed by atoms with Crippen molar-refractivity contribution < 1.29 is 4.74 Å². The highest BCUT2D eigenvalue weighted by Crippen LogP contribution is 2.12. The van der Waals surface area contributed by atoms with Crippen LogP contribution in [-0.4, -0.2) is 42.8 Å². The number of hydrazine groups is 1. The summed E-state index contributed by atoms with van der Waals surface area (Å²) in [5.74, 6) is 8.09. The molecular formula is C11H21N3O. The van der Waals surface area contributed by atoms with Gasteiger partial charge in [-0.25, -0.2) is 0 Å². The van der Waals surface area contributed by atoms with E-state index in [0.717, 1.165) is 19.7 Å². The normalized spacial score (nSPS) is 25.1. The van der Waals surface area contributed by atoms with Crippen molar-refractivity contribution in [2.75, 3.05) is 19.7 Å². The summed E-state index contributed by atoms with van der Waals surface area (Å²) >= 11 is 0. The molecule has 4 heteroatoms. The third kappa shape index (κ3) is 3.47. The molecule has 1 aliphatic rings. The minimum atomic E-state index is 0.0524. The number of rotatable bonds is 4. The smallest absolute Gasteiger partial charge is 0.0878 e. The van der Waals surface area contributed by atoms with Gasteiger partial charge >= 0.3 is 0 Å². The maximum absolute atomic E-state index is 5.68. The van der Waals surface area contributed by atoms with Crippen molar-refractivity contribution in [3.8, 4) is 12.3 Å². The van der Waals surface area contributed by atoms with Crippen LogP contribution in [0.3, 0.4) is 0 Å². The minimum Gasteiger partial charge on any atom is -0.374 e. The molecule has 86 valence electrons. The highest BCUT2D eigenvalue weighted by Gasteiger charge is 2.27. The maximum Gasteiger partial charge on any atom is 0.0878 e. The average Bonchev–Trinajstić information content (AvgIpc) is 2.26. The van der Waals surface area contributed by atoms with Crippen LogP contribution in [0, 0.1) is 12.3 Å². The van der Waals surface area contributed by atoms with Crippen molar-refractivity contribution in [2.45, 2.75) is 38.5 Å². The summed E-state index contributed by atoms with van der Waals surface area (Å²) in [7, 11) is 0. The number of hydrogen-bond acceptors (Lipinski definition) is 4. The summed E-state index contributed by atoms with van der Waals surface area (Å²) in [5, 5.41) is 0. The molecule has 0 radical (unpaired) electrons. The SMILES string of the molecule is C#CCC(NN)C1CN(C(C)C)CCO1. The van der Waals surface area contributed by atoms with E-state index in [0.29, 0.717) is 12.5 Å². The Kier molecular flexibility index (Phi) is 5.06. The zero-order chi connectivity index (χ0) is 11.3. The van der Waals surface area contributed by atoms with E-state index in [2.05, 4.69) is 30.1 Å². The molecule has 15 heavy (non-hydrogen) atoms. The molecule has 1 heterocycles. The van der Waals surface area contributed by atoms with Crippen molar-refractivity contribution in [1.82, 2.24) is 10.3 Å². The summed E-state index contributed by atoms with van der Waals surface area (Å²) in [6.45, 7) is 7.02. The monoisotopic (exact) mass is 211 g/mol. The Morgan fingerprint density at radius 3 is 2.93 bits per heavy atom. The first-order valence-corrected chi connectivity index (χ1v) is 5.44. The Balaban J connectivity index is 2.50. The Morgan fingerprint density at radius 2 is 2.40 bits per heavy atom. The van der Waals surface area contributed by atoms with Crippen LogP contribution >= 0.6 is 0 Å². The summed E-state index contributed by atoms with van der Waals surface area (Å²) in [6, 6.07) is 0.595. The van der Waals surface area contributed by atoms with Crippen LogP contribution in [0.2, 0.25) is 0 Å². The second kappa shape index (κ2) is 6.09. The molecule has 2 atom stereocenters. The molecule has 1 fully saturated rings. The fourth-order valence-corrected chi connectivity index (χ4v) is 1.83. The fraction of sp³-hybridized carbons (Fsp3) is 0.818. The first kappa shape index (κ1) is 12.5. The molecule has 2 unspecified atom stereocenters. The molecule has 1 saturated heterocycles. The van der Waals surface area contributed by atoms with Crippen LogP contribution in [0.15, 0.2) is 0 Å². The van der Waals surface area contributed by atoms with Gasteiger partial charge in [-0.05, 0) is 13.8 Å². The average molecular weight is 211 g/mol. The fourth-order valence-electron chi connectivity index (χ4n) is 1.83. The Bertz CT molecular complexity index is 224. The molecule has 0 aliphatic carbocycles. The molecule has 1 rings (SSSR count). The lowest BCUT2D eigenvalue weighted by atomic mass is 10.1. The van der Waals surface area contributed by atoms with Crippen LogP contribution in [0.25, 0.3) is 0 Å². The zero-order valence-electron chi connectivity index (χ0n) is 9.57. The summed E-state index contributed by atoms with van der Waals surface area (Å²) in [5.41, 5.74) is 2.74. The number of nitrogens with one attached hydrogen (secondary N) is 1. The van der Waals surface area contributed by atoms with E-state index >= 15 is 0 Å². The standard InChI is InChI=1S/C11H21N3O/c1-4-5-10(13-12)11-8-14(9(2)3)6-7-15-11/h1,9-11,13H,5-8,12H2,2-3H3. The molecule has 1 aliphatic heterocycles. The number of morpholine rings is 1. The number of nitrogens with zero attached hydrogens (tertiary/aromatic N) is 1. The molecule has 0 amide bonds. The highest BCUT2D eigenvalue weighted by molar-refractivity contribution is 4.94. The first-order valence-electron chi connectivity index (χ1n) is 5.44. The number of hydrogen-bond donors (Lipinski definition) is 2. The molecule has 3 N–H and O–H groups in total. The van der Waals surface area contributed by atoms with Gasteiger partial charge in [0.25, 0.3) is 0 Å². The van der Waals surface area contributed by atoms with Crippen LogP contribution in [0.4, 0.5) is 0 Å². The van der Waals surface area contributed by atoms with Crippen molar-refractivity contribution in [2.24, 2.45) is 5.84 Å². The molecule has 0 spiro atoms. The second-order valence-corrected chi connectivity index (χ2v) is 4.18. The predicted molar refractivity (Wildman–Crippen MR) is 61.0 cm³/mol. The van der Waals surface area contributed by atoms with Gasteiger partial charge in [0.1, 0.15) is 0 Å². The van der Waals surface area contributed by atoms with Gasteiger partial charge in [-0.1, -0.05) is 0 Å². The lowest BCUT2D eigenvalue weighted by molar-refractivity contribution is -0.0545. The van der Waals surface area contributed by atoms with Gasteiger partial charge < -0.3 is 4.74 Å². The highest BCUT2D eigenvalue weighted by atomic mass is 16.5. The van der Waals surface area contributed by atoms with Gasteiger partial charge in [0.2, 0.25) is 0 Å². The van der Waals surface area contributed by atoms with Crippen molar-refractivity contribution >= 4 is 0 Å². The molecule has 0 saturated carbocycles. The van der Waals surface area contributed by atoms with E-state index in [1.807, 2.05) is 0 Å². The van der Waals surface area contributed by atoms with Gasteiger partial charge in [0.05, 0.1) is 18.8 Å². The number of ether oxygens (including phenoxy) is 1. The third-order valence-corrected chi connectivity index (χ3v) is 2.86. The Morgan fingerprint density at radius 1 is 1.67 bits per heavy atom. The zero-order valence-corrected chi connectivity index (χ0v) is 9.57. The van der Waals surface area contributed by atoms with Gasteiger partial charge in [-0.15, -0.1) is 12.3 Å². The van der Waals surface area contributed by atoms with E-state index < -0.39 is 0 Å². The lowest BCUT2D eigenvalue weighted by Gasteiger charge is -2.38. The van der Waals surface area contributed by atoms with Crippen LogP contribution in [0.5, 0.6) is 0 Å². The third-order valence-electron chi connectivity index (χ3n) is 2.86. The minimum absolute atomic E-state index is 0.0524. The van der Waals surface area contributed by atoms with E-state index in [4.69, 9.17) is 17.0 Å². The van der Waals surface area contributed by atoms with Crippen LogP contribution < -0.4 is 11.3 Å². The van der Waals surface area contributed by atoms with E-state index in [1.165, 1.54) is 0 Å². The maximum atomic E-state index is 5.68. The van der Waals surface area contributed by atoms with Crippen molar-refractivity contribution in [3.63, 3.8) is 0 Å². The number of terminal acetylenes is 1. The Hall–Kier alpha value is -0.600. The molecule has 0 aromatic carbocycles. The first-order chi connectivity index (χ1) is 7.19. The second-order valence-electron chi connectivity index (χ2n) is 4.18. The molecule has 0 aromatic heterocycles. The summed E-state index contributed by atoms with van der Waals surface area (Å²) in [4.78, 5) is 2.38.